The molecule has 0 aromatic carbocycles. The summed E-state index contributed by atoms with van der Waals surface area (Å²) in [5, 5.41) is 3.32. The number of aryl methyl sites for hydroxylation is 1. The fraction of sp³-hybridized carbons (Fsp3) is 0.750. The molecule has 22 heavy (non-hydrogen) atoms. The second-order valence-electron chi connectivity index (χ2n) is 5.32. The normalized spacial score (nSPS) is 11.0. The van der Waals surface area contributed by atoms with Crippen molar-refractivity contribution in [3.63, 3.8) is 0 Å². The fourth-order valence-corrected chi connectivity index (χ4v) is 2.33. The molecular formula is C16H31N5O. The zero-order valence-electron chi connectivity index (χ0n) is 14.5. The van der Waals surface area contributed by atoms with Gasteiger partial charge in [0.2, 0.25) is 5.88 Å². The molecule has 0 spiro atoms. The highest BCUT2D eigenvalue weighted by Gasteiger charge is 2.11. The van der Waals surface area contributed by atoms with Crippen LogP contribution in [0, 0.1) is 0 Å². The minimum absolute atomic E-state index is 0.462. The summed E-state index contributed by atoms with van der Waals surface area (Å²) in [6.45, 7) is 10.7. The molecule has 1 rings (SSSR count). The average molecular weight is 309 g/mol. The molecule has 1 aromatic heterocycles. The van der Waals surface area contributed by atoms with E-state index in [2.05, 4.69) is 41.0 Å². The summed E-state index contributed by atoms with van der Waals surface area (Å²) < 4.78 is 5.24. The van der Waals surface area contributed by atoms with Crippen LogP contribution in [0.3, 0.4) is 0 Å². The Bertz CT molecular complexity index is 435. The summed E-state index contributed by atoms with van der Waals surface area (Å²) in [5.74, 6) is 1.93. The number of nitrogens with zero attached hydrogens (tertiary/aromatic N) is 3. The van der Waals surface area contributed by atoms with Crippen LogP contribution in [0.15, 0.2) is 0 Å². The molecule has 0 unspecified atom stereocenters. The van der Waals surface area contributed by atoms with E-state index in [-0.39, 0.29) is 0 Å². The number of hydrogen-bond donors (Lipinski definition) is 2. The van der Waals surface area contributed by atoms with Crippen molar-refractivity contribution >= 4 is 11.5 Å². The van der Waals surface area contributed by atoms with Crippen LogP contribution in [0.4, 0.5) is 11.5 Å². The third kappa shape index (κ3) is 5.67. The first-order chi connectivity index (χ1) is 10.7. The third-order valence-electron chi connectivity index (χ3n) is 3.71. The first-order valence-corrected chi connectivity index (χ1v) is 8.32. The quantitative estimate of drug-likeness (QED) is 0.612. The Morgan fingerprint density at radius 3 is 2.45 bits per heavy atom. The fourth-order valence-electron chi connectivity index (χ4n) is 2.33. The van der Waals surface area contributed by atoms with Crippen LogP contribution in [0.5, 0.6) is 5.88 Å². The molecule has 0 saturated heterocycles. The summed E-state index contributed by atoms with van der Waals surface area (Å²) in [7, 11) is 1.59. The van der Waals surface area contributed by atoms with E-state index in [1.54, 1.807) is 7.11 Å². The standard InChI is InChI=1S/C16H31N5O/c1-5-10-13-19-15(14(17)16(20-13)22-4)18-11-8-9-12-21(6-2)7-3/h5-12,17H2,1-4H3,(H,18,19,20). The number of hydrogen-bond acceptors (Lipinski definition) is 6. The maximum atomic E-state index is 6.04. The van der Waals surface area contributed by atoms with Crippen molar-refractivity contribution in [1.29, 1.82) is 0 Å². The Morgan fingerprint density at radius 2 is 1.86 bits per heavy atom. The van der Waals surface area contributed by atoms with Crippen molar-refractivity contribution in [2.45, 2.75) is 46.5 Å². The lowest BCUT2D eigenvalue weighted by Crippen LogP contribution is -2.24. The van der Waals surface area contributed by atoms with Gasteiger partial charge in [-0.25, -0.2) is 4.98 Å². The van der Waals surface area contributed by atoms with Crippen LogP contribution in [0.2, 0.25) is 0 Å². The Balaban J connectivity index is 2.52. The van der Waals surface area contributed by atoms with Gasteiger partial charge in [-0.1, -0.05) is 20.8 Å². The summed E-state index contributed by atoms with van der Waals surface area (Å²) in [6, 6.07) is 0. The van der Waals surface area contributed by atoms with Gasteiger partial charge in [-0.15, -0.1) is 0 Å². The number of nitrogens with two attached hydrogens (primary N) is 1. The van der Waals surface area contributed by atoms with Crippen LogP contribution >= 0.6 is 0 Å². The SMILES string of the molecule is CCCc1nc(NCCCCN(CC)CC)c(N)c(OC)n1. The molecule has 1 aromatic rings. The zero-order chi connectivity index (χ0) is 16.4. The van der Waals surface area contributed by atoms with Crippen LogP contribution in [-0.2, 0) is 6.42 Å². The van der Waals surface area contributed by atoms with E-state index in [0.29, 0.717) is 17.4 Å². The van der Waals surface area contributed by atoms with E-state index in [0.717, 1.165) is 51.3 Å². The molecule has 0 atom stereocenters. The summed E-state index contributed by atoms with van der Waals surface area (Å²) in [6.07, 6.45) is 4.08. The van der Waals surface area contributed by atoms with Crippen LogP contribution in [0.25, 0.3) is 0 Å². The molecule has 6 nitrogen and oxygen atoms in total. The number of anilines is 2. The minimum Gasteiger partial charge on any atom is -0.479 e. The number of ether oxygens (including phenoxy) is 1. The van der Waals surface area contributed by atoms with Gasteiger partial charge >= 0.3 is 0 Å². The predicted molar refractivity (Wildman–Crippen MR) is 92.5 cm³/mol. The monoisotopic (exact) mass is 309 g/mol. The number of aromatic nitrogens is 2. The molecule has 126 valence electrons. The highest BCUT2D eigenvalue weighted by molar-refractivity contribution is 5.66. The molecule has 1 heterocycles. The van der Waals surface area contributed by atoms with Crippen LogP contribution in [-0.4, -0.2) is 48.2 Å². The lowest BCUT2D eigenvalue weighted by Gasteiger charge is -2.18. The molecule has 0 amide bonds. The van der Waals surface area contributed by atoms with Gasteiger partial charge in [0.05, 0.1) is 7.11 Å². The Labute approximate surface area is 134 Å². The van der Waals surface area contributed by atoms with Crippen molar-refractivity contribution in [2.24, 2.45) is 0 Å². The predicted octanol–water partition coefficient (Wildman–Crippen LogP) is 2.55. The van der Waals surface area contributed by atoms with Gasteiger partial charge in [0.1, 0.15) is 11.5 Å². The first-order valence-electron chi connectivity index (χ1n) is 8.32. The second-order valence-corrected chi connectivity index (χ2v) is 5.32. The summed E-state index contributed by atoms with van der Waals surface area (Å²) >= 11 is 0. The number of nitrogen functional groups attached to an aromatic ring is 1. The largest absolute Gasteiger partial charge is 0.479 e. The van der Waals surface area contributed by atoms with Gasteiger partial charge in [-0.3, -0.25) is 0 Å². The van der Waals surface area contributed by atoms with Gasteiger partial charge in [0.15, 0.2) is 5.82 Å². The summed E-state index contributed by atoms with van der Waals surface area (Å²) in [4.78, 5) is 11.3. The lowest BCUT2D eigenvalue weighted by molar-refractivity contribution is 0.298. The molecule has 0 aliphatic heterocycles. The van der Waals surface area contributed by atoms with Crippen LogP contribution in [0.1, 0.15) is 45.9 Å². The molecule has 6 heteroatoms. The number of rotatable bonds is 11. The van der Waals surface area contributed by atoms with E-state index in [1.807, 2.05) is 0 Å². The summed E-state index contributed by atoms with van der Waals surface area (Å²) in [5.41, 5.74) is 6.54. The molecule has 0 bridgehead atoms. The lowest BCUT2D eigenvalue weighted by atomic mass is 10.2. The Hall–Kier alpha value is -1.56. The third-order valence-corrected chi connectivity index (χ3v) is 3.71. The van der Waals surface area contributed by atoms with Gasteiger partial charge in [0.25, 0.3) is 0 Å². The highest BCUT2D eigenvalue weighted by Crippen LogP contribution is 2.26. The zero-order valence-corrected chi connectivity index (χ0v) is 14.5. The molecular weight excluding hydrogens is 278 g/mol. The van der Waals surface area contributed by atoms with Crippen molar-refractivity contribution < 1.29 is 4.74 Å². The van der Waals surface area contributed by atoms with E-state index < -0.39 is 0 Å². The maximum Gasteiger partial charge on any atom is 0.242 e. The average Bonchev–Trinajstić information content (AvgIpc) is 2.53. The minimum atomic E-state index is 0.462. The maximum absolute atomic E-state index is 6.04. The topological polar surface area (TPSA) is 76.3 Å². The molecule has 0 radical (unpaired) electrons. The Kier molecular flexibility index (Phi) is 8.58. The Morgan fingerprint density at radius 1 is 1.14 bits per heavy atom. The van der Waals surface area contributed by atoms with Crippen molar-refractivity contribution in [1.82, 2.24) is 14.9 Å². The first kappa shape index (κ1) is 18.5. The molecule has 0 aliphatic carbocycles. The van der Waals surface area contributed by atoms with Crippen molar-refractivity contribution in [3.05, 3.63) is 5.82 Å². The van der Waals surface area contributed by atoms with E-state index in [1.165, 1.54) is 6.42 Å². The molecule has 0 fully saturated rings. The van der Waals surface area contributed by atoms with Crippen molar-refractivity contribution in [3.8, 4) is 5.88 Å². The number of unbranched alkanes of at least 4 members (excludes halogenated alkanes) is 1. The molecule has 0 aliphatic rings. The van der Waals surface area contributed by atoms with E-state index in [9.17, 15) is 0 Å². The van der Waals surface area contributed by atoms with Gasteiger partial charge in [0, 0.05) is 13.0 Å². The molecule has 3 N–H and O–H groups in total. The highest BCUT2D eigenvalue weighted by atomic mass is 16.5. The number of methoxy groups -OCH3 is 1. The van der Waals surface area contributed by atoms with Crippen molar-refractivity contribution in [2.75, 3.05) is 44.3 Å². The number of nitrogens with one attached hydrogen (secondary N) is 1. The smallest absolute Gasteiger partial charge is 0.242 e. The second kappa shape index (κ2) is 10.2. The van der Waals surface area contributed by atoms with Crippen LogP contribution < -0.4 is 15.8 Å². The molecule has 0 saturated carbocycles. The van der Waals surface area contributed by atoms with Gasteiger partial charge < -0.3 is 20.7 Å². The van der Waals surface area contributed by atoms with Gasteiger partial charge in [-0.05, 0) is 38.9 Å². The van der Waals surface area contributed by atoms with E-state index >= 15 is 0 Å². The van der Waals surface area contributed by atoms with E-state index in [4.69, 9.17) is 10.5 Å². The van der Waals surface area contributed by atoms with Gasteiger partial charge in [-0.2, -0.15) is 4.98 Å².